The van der Waals surface area contributed by atoms with Crippen LogP contribution in [0.15, 0.2) is 36.5 Å². The first-order chi connectivity index (χ1) is 55.8. The lowest BCUT2D eigenvalue weighted by Crippen LogP contribution is -2.66. The normalized spacial score (nSPS) is 24.8. The van der Waals surface area contributed by atoms with Crippen LogP contribution in [0.1, 0.15) is 431 Å². The van der Waals surface area contributed by atoms with Crippen LogP contribution in [0.5, 0.6) is 0 Å². The molecule has 3 aliphatic heterocycles. The summed E-state index contributed by atoms with van der Waals surface area (Å²) in [5.41, 5.74) is 0. The molecule has 0 bridgehead atoms. The lowest BCUT2D eigenvalue weighted by atomic mass is 9.96. The van der Waals surface area contributed by atoms with Gasteiger partial charge in [0.2, 0.25) is 5.91 Å². The number of carbonyl (C=O) groups excluding carboxylic acids is 1. The molecule has 3 fully saturated rings. The Kier molecular flexibility index (Phi) is 69.7. The Morgan fingerprint density at radius 3 is 0.895 bits per heavy atom. The number of amides is 1. The zero-order valence-corrected chi connectivity index (χ0v) is 72.8. The molecule has 672 valence electrons. The molecule has 19 nitrogen and oxygen atoms in total. The predicted octanol–water partition coefficient (Wildman–Crippen LogP) is 19.4. The number of rotatable bonds is 80. The molecule has 17 atom stereocenters. The van der Waals surface area contributed by atoms with Crippen LogP contribution in [0.3, 0.4) is 0 Å². The first-order valence-corrected chi connectivity index (χ1v) is 48.2. The molecule has 3 rings (SSSR count). The predicted molar refractivity (Wildman–Crippen MR) is 462 cm³/mol. The van der Waals surface area contributed by atoms with Gasteiger partial charge < -0.3 is 89.9 Å². The first kappa shape index (κ1) is 106. The molecule has 0 radical (unpaired) electrons. The summed E-state index contributed by atoms with van der Waals surface area (Å²) in [6.07, 6.45) is 70.3. The highest BCUT2D eigenvalue weighted by molar-refractivity contribution is 5.76. The van der Waals surface area contributed by atoms with E-state index in [4.69, 9.17) is 28.4 Å². The van der Waals surface area contributed by atoms with Crippen molar-refractivity contribution in [3.63, 3.8) is 0 Å². The molecular formula is C95H179NO18. The molecular weight excluding hydrogens is 1440 g/mol. The minimum absolute atomic E-state index is 0.249. The maximum atomic E-state index is 13.5. The van der Waals surface area contributed by atoms with Gasteiger partial charge in [0.05, 0.1) is 38.6 Å². The first-order valence-electron chi connectivity index (χ1n) is 48.2. The summed E-state index contributed by atoms with van der Waals surface area (Å²) < 4.78 is 34.6. The molecule has 17 unspecified atom stereocenters. The summed E-state index contributed by atoms with van der Waals surface area (Å²) in [6, 6.07) is -0.973. The Bertz CT molecular complexity index is 2190. The number of carbonyl (C=O) groups is 1. The maximum absolute atomic E-state index is 13.5. The minimum atomic E-state index is -1.98. The van der Waals surface area contributed by atoms with Crippen molar-refractivity contribution in [2.24, 2.45) is 0 Å². The Balaban J connectivity index is 1.29. The Labute approximate surface area is 695 Å². The number of unbranched alkanes of at least 4 members (excludes halogenated alkanes) is 60. The van der Waals surface area contributed by atoms with Crippen LogP contribution in [0, 0.1) is 0 Å². The third kappa shape index (κ3) is 52.4. The monoisotopic (exact) mass is 1620 g/mol. The number of aliphatic hydroxyl groups excluding tert-OH is 11. The average Bonchev–Trinajstić information content (AvgIpc) is 0.783. The van der Waals surface area contributed by atoms with E-state index in [1.165, 1.54) is 353 Å². The van der Waals surface area contributed by atoms with E-state index < -0.39 is 124 Å². The summed E-state index contributed by atoms with van der Waals surface area (Å²) in [5, 5.41) is 121. The van der Waals surface area contributed by atoms with Crippen molar-refractivity contribution >= 4 is 5.91 Å². The zero-order chi connectivity index (χ0) is 82.4. The SMILES string of the molecule is CCCCCCC/C=C\C/C=C\CCCCCCCCCCCCCCCCCCCCCCCCCCCCCC(=O)NC(COC1OC(CO)C(OC2OC(CO)C(OC3OC(CO)C(O)C(O)C3O)C(O)C2O)C(O)C1O)C(O)/C=C/CCCCCCCCCCCCCCCCCCCCCCCCCCCCCC. The zero-order valence-electron chi connectivity index (χ0n) is 72.8. The summed E-state index contributed by atoms with van der Waals surface area (Å²) in [7, 11) is 0. The molecule has 114 heavy (non-hydrogen) atoms. The van der Waals surface area contributed by atoms with Gasteiger partial charge in [-0.2, -0.15) is 0 Å². The van der Waals surface area contributed by atoms with Gasteiger partial charge in [-0.3, -0.25) is 4.79 Å². The van der Waals surface area contributed by atoms with Crippen LogP contribution in [0.25, 0.3) is 0 Å². The minimum Gasteiger partial charge on any atom is -0.394 e. The van der Waals surface area contributed by atoms with E-state index in [2.05, 4.69) is 43.5 Å². The largest absolute Gasteiger partial charge is 0.394 e. The second-order valence-corrected chi connectivity index (χ2v) is 34.5. The van der Waals surface area contributed by atoms with Gasteiger partial charge in [0, 0.05) is 6.42 Å². The van der Waals surface area contributed by atoms with E-state index in [1.807, 2.05) is 6.08 Å². The molecule has 0 aliphatic carbocycles. The second kappa shape index (κ2) is 74.8. The molecule has 12 N–H and O–H groups in total. The van der Waals surface area contributed by atoms with E-state index in [0.29, 0.717) is 6.42 Å². The molecule has 1 amide bonds. The fourth-order valence-corrected chi connectivity index (χ4v) is 16.5. The maximum Gasteiger partial charge on any atom is 0.220 e. The van der Waals surface area contributed by atoms with Crippen LogP contribution >= 0.6 is 0 Å². The van der Waals surface area contributed by atoms with Crippen molar-refractivity contribution < 1.29 is 89.4 Å². The summed E-state index contributed by atoms with van der Waals surface area (Å²) in [4.78, 5) is 13.5. The van der Waals surface area contributed by atoms with Crippen LogP contribution in [0.2, 0.25) is 0 Å². The van der Waals surface area contributed by atoms with Crippen molar-refractivity contribution in [3.8, 4) is 0 Å². The van der Waals surface area contributed by atoms with Crippen LogP contribution < -0.4 is 5.32 Å². The number of hydrogen-bond acceptors (Lipinski definition) is 18. The van der Waals surface area contributed by atoms with Crippen LogP contribution in [-0.2, 0) is 33.2 Å². The van der Waals surface area contributed by atoms with Crippen LogP contribution in [0.4, 0.5) is 0 Å². The number of aliphatic hydroxyl groups is 11. The third-order valence-electron chi connectivity index (χ3n) is 24.2. The molecule has 0 saturated carbocycles. The highest BCUT2D eigenvalue weighted by Gasteiger charge is 2.54. The lowest BCUT2D eigenvalue weighted by molar-refractivity contribution is -0.379. The fraction of sp³-hybridized carbons (Fsp3) is 0.926. The van der Waals surface area contributed by atoms with Gasteiger partial charge in [-0.15, -0.1) is 0 Å². The molecule has 3 saturated heterocycles. The van der Waals surface area contributed by atoms with Crippen molar-refractivity contribution in [3.05, 3.63) is 36.5 Å². The number of allylic oxidation sites excluding steroid dienone is 5. The Hall–Kier alpha value is -1.99. The van der Waals surface area contributed by atoms with Gasteiger partial charge in [0.1, 0.15) is 73.2 Å². The molecule has 0 aromatic rings. The van der Waals surface area contributed by atoms with E-state index in [-0.39, 0.29) is 18.9 Å². The molecule has 0 spiro atoms. The van der Waals surface area contributed by atoms with Crippen molar-refractivity contribution in [1.82, 2.24) is 5.32 Å². The third-order valence-corrected chi connectivity index (χ3v) is 24.2. The summed E-state index contributed by atoms with van der Waals surface area (Å²) >= 11 is 0. The highest BCUT2D eigenvalue weighted by atomic mass is 16.8. The van der Waals surface area contributed by atoms with Gasteiger partial charge in [-0.1, -0.05) is 410 Å². The molecule has 3 aliphatic rings. The van der Waals surface area contributed by atoms with Crippen molar-refractivity contribution in [1.29, 1.82) is 0 Å². The quantitative estimate of drug-likeness (QED) is 0.0199. The van der Waals surface area contributed by atoms with Gasteiger partial charge >= 0.3 is 0 Å². The molecule has 19 heteroatoms. The highest BCUT2D eigenvalue weighted by Crippen LogP contribution is 2.34. The van der Waals surface area contributed by atoms with Gasteiger partial charge in [-0.05, 0) is 51.4 Å². The van der Waals surface area contributed by atoms with Crippen molar-refractivity contribution in [2.75, 3.05) is 26.4 Å². The van der Waals surface area contributed by atoms with E-state index in [9.17, 15) is 61.0 Å². The second-order valence-electron chi connectivity index (χ2n) is 34.5. The van der Waals surface area contributed by atoms with E-state index >= 15 is 0 Å². The van der Waals surface area contributed by atoms with Gasteiger partial charge in [-0.25, -0.2) is 0 Å². The van der Waals surface area contributed by atoms with Crippen molar-refractivity contribution in [2.45, 2.75) is 535 Å². The van der Waals surface area contributed by atoms with Crippen LogP contribution in [-0.4, -0.2) is 193 Å². The van der Waals surface area contributed by atoms with E-state index in [1.54, 1.807) is 6.08 Å². The number of nitrogens with one attached hydrogen (secondary N) is 1. The summed E-state index contributed by atoms with van der Waals surface area (Å²) in [6.45, 7) is 1.80. The van der Waals surface area contributed by atoms with E-state index in [0.717, 1.165) is 51.4 Å². The number of hydrogen-bond donors (Lipinski definition) is 12. The fourth-order valence-electron chi connectivity index (χ4n) is 16.5. The topological polar surface area (TPSA) is 307 Å². The lowest BCUT2D eigenvalue weighted by Gasteiger charge is -2.48. The Morgan fingerprint density at radius 1 is 0.316 bits per heavy atom. The molecule has 0 aromatic heterocycles. The van der Waals surface area contributed by atoms with Gasteiger partial charge in [0.15, 0.2) is 18.9 Å². The van der Waals surface area contributed by atoms with Gasteiger partial charge in [0.25, 0.3) is 0 Å². The smallest absolute Gasteiger partial charge is 0.220 e. The molecule has 0 aromatic carbocycles. The number of ether oxygens (including phenoxy) is 6. The molecule has 3 heterocycles. The average molecular weight is 1620 g/mol. The Morgan fingerprint density at radius 2 is 0.579 bits per heavy atom. The standard InChI is InChI=1S/C95H179NO18/c1-3-5-7-9-11-13-15-17-19-21-23-25-27-29-31-33-35-36-37-38-39-40-41-42-43-45-47-49-51-53-55-57-59-61-63-65-67-69-71-73-83(101)96-78(79(100)72-70-68-66-64-62-60-58-56-54-52-50-48-46-44-34-32-30-28-26-24-22-20-18-16-14-12-10-8-6-4-2)77-109-93-89(107)86(104)91(81(75-98)111-93)114-95-90(108)87(105)92(82(76-99)112-95)113-94-88(106)85(103)84(102)80(74-97)110-94/h15,17,21,23,70,72,78-82,84-95,97-100,102-108H,3-14,16,18-20,22,24-69,71,73-77H2,1-2H3,(H,96,101)/b17-15-,23-21-,72-70+. The summed E-state index contributed by atoms with van der Waals surface area (Å²) in [5.74, 6) is -0.265.